The van der Waals surface area contributed by atoms with Crippen LogP contribution in [0.3, 0.4) is 0 Å². The van der Waals surface area contributed by atoms with Crippen LogP contribution in [0.15, 0.2) is 16.5 Å². The maximum absolute atomic E-state index is 12.2. The highest BCUT2D eigenvalue weighted by Gasteiger charge is 2.34. The molecule has 1 aromatic heterocycles. The Kier molecular flexibility index (Phi) is 5.48. The molecule has 118 valence electrons. The number of alkyl halides is 2. The van der Waals surface area contributed by atoms with E-state index in [2.05, 4.69) is 4.90 Å². The monoisotopic (exact) mass is 335 g/mol. The lowest BCUT2D eigenvalue weighted by Crippen LogP contribution is -2.51. The quantitative estimate of drug-likeness (QED) is 0.821. The summed E-state index contributed by atoms with van der Waals surface area (Å²) in [5, 5.41) is 0.552. The first-order valence-electron chi connectivity index (χ1n) is 7.13. The van der Waals surface area contributed by atoms with E-state index in [1.807, 2.05) is 23.9 Å². The minimum absolute atomic E-state index is 0.230. The highest BCUT2D eigenvalue weighted by atomic mass is 32.2. The second kappa shape index (κ2) is 7.35. The Morgan fingerprint density at radius 3 is 3.10 bits per heavy atom. The molecule has 1 aromatic rings. The number of fused-ring (bicyclic) bond motifs is 1. The van der Waals surface area contributed by atoms with E-state index in [9.17, 15) is 8.78 Å². The SMILES string of the molecule is FC(F)SCc1ccc(CN2CCSC3COCCC32)o1. The second-order valence-corrected chi connectivity index (χ2v) is 7.58. The van der Waals surface area contributed by atoms with Crippen molar-refractivity contribution in [2.45, 2.75) is 35.8 Å². The van der Waals surface area contributed by atoms with Crippen molar-refractivity contribution in [3.63, 3.8) is 0 Å². The van der Waals surface area contributed by atoms with Crippen molar-refractivity contribution >= 4 is 23.5 Å². The number of hydrogen-bond acceptors (Lipinski definition) is 5. The summed E-state index contributed by atoms with van der Waals surface area (Å²) in [5.41, 5.74) is 0. The Morgan fingerprint density at radius 1 is 1.38 bits per heavy atom. The fourth-order valence-corrected chi connectivity index (χ4v) is 4.70. The van der Waals surface area contributed by atoms with E-state index in [-0.39, 0.29) is 5.75 Å². The van der Waals surface area contributed by atoms with Gasteiger partial charge < -0.3 is 9.15 Å². The van der Waals surface area contributed by atoms with E-state index in [1.54, 1.807) is 0 Å². The molecule has 0 aliphatic carbocycles. The van der Waals surface area contributed by atoms with Crippen LogP contribution >= 0.6 is 23.5 Å². The summed E-state index contributed by atoms with van der Waals surface area (Å²) in [6.07, 6.45) is 1.06. The van der Waals surface area contributed by atoms with Gasteiger partial charge in [-0.3, -0.25) is 4.90 Å². The van der Waals surface area contributed by atoms with Crippen LogP contribution < -0.4 is 0 Å². The number of furan rings is 1. The molecule has 7 heteroatoms. The maximum Gasteiger partial charge on any atom is 0.284 e. The third-order valence-electron chi connectivity index (χ3n) is 3.88. The molecule has 3 nitrogen and oxygen atoms in total. The minimum atomic E-state index is -2.35. The van der Waals surface area contributed by atoms with Crippen LogP contribution in [0.4, 0.5) is 8.78 Å². The first-order valence-corrected chi connectivity index (χ1v) is 9.23. The molecule has 0 N–H and O–H groups in total. The molecule has 2 saturated heterocycles. The average molecular weight is 335 g/mol. The lowest BCUT2D eigenvalue weighted by atomic mass is 10.1. The molecule has 3 heterocycles. The van der Waals surface area contributed by atoms with Gasteiger partial charge in [-0.15, -0.1) is 0 Å². The number of hydrogen-bond donors (Lipinski definition) is 0. The number of nitrogens with zero attached hydrogens (tertiary/aromatic N) is 1. The Labute approximate surface area is 131 Å². The molecule has 2 unspecified atom stereocenters. The summed E-state index contributed by atoms with van der Waals surface area (Å²) >= 11 is 2.60. The molecule has 2 atom stereocenters. The molecule has 0 aromatic carbocycles. The average Bonchev–Trinajstić information content (AvgIpc) is 2.93. The van der Waals surface area contributed by atoms with Crippen molar-refractivity contribution in [2.24, 2.45) is 0 Å². The van der Waals surface area contributed by atoms with Gasteiger partial charge in [-0.1, -0.05) is 11.8 Å². The minimum Gasteiger partial charge on any atom is -0.464 e. The Bertz CT molecular complexity index is 456. The van der Waals surface area contributed by atoms with E-state index in [0.717, 1.165) is 44.2 Å². The van der Waals surface area contributed by atoms with Gasteiger partial charge >= 0.3 is 0 Å². The molecule has 2 fully saturated rings. The van der Waals surface area contributed by atoms with Gasteiger partial charge in [-0.25, -0.2) is 0 Å². The molecule has 2 aliphatic rings. The van der Waals surface area contributed by atoms with Crippen LogP contribution in [0.1, 0.15) is 17.9 Å². The topological polar surface area (TPSA) is 25.6 Å². The Morgan fingerprint density at radius 2 is 2.24 bits per heavy atom. The van der Waals surface area contributed by atoms with Gasteiger partial charge in [0.2, 0.25) is 0 Å². The van der Waals surface area contributed by atoms with Gasteiger partial charge in [-0.05, 0) is 18.6 Å². The summed E-state index contributed by atoms with van der Waals surface area (Å²) in [6, 6.07) is 4.27. The predicted molar refractivity (Wildman–Crippen MR) is 81.9 cm³/mol. The standard InChI is InChI=1S/C14H19F2NO2S2/c15-14(16)21-9-11-2-1-10(19-11)7-17-4-6-20-13-8-18-5-3-12(13)17/h1-2,12-14H,3-9H2. The fourth-order valence-electron chi connectivity index (χ4n) is 2.89. The normalized spacial score (nSPS) is 27.0. The zero-order valence-electron chi connectivity index (χ0n) is 11.7. The Hall–Kier alpha value is -0.240. The number of rotatable bonds is 5. The summed E-state index contributed by atoms with van der Waals surface area (Å²) in [4.78, 5) is 2.45. The zero-order chi connectivity index (χ0) is 14.7. The van der Waals surface area contributed by atoms with E-state index >= 15 is 0 Å². The van der Waals surface area contributed by atoms with Crippen molar-refractivity contribution in [3.8, 4) is 0 Å². The third kappa shape index (κ3) is 4.15. The molecule has 0 spiro atoms. The van der Waals surface area contributed by atoms with Crippen molar-refractivity contribution in [1.82, 2.24) is 4.90 Å². The molecule has 0 radical (unpaired) electrons. The predicted octanol–water partition coefficient (Wildman–Crippen LogP) is 3.44. The van der Waals surface area contributed by atoms with Crippen molar-refractivity contribution in [3.05, 3.63) is 23.7 Å². The second-order valence-electron chi connectivity index (χ2n) is 5.25. The van der Waals surface area contributed by atoms with Crippen LogP contribution in [-0.2, 0) is 17.0 Å². The van der Waals surface area contributed by atoms with Crippen molar-refractivity contribution < 1.29 is 17.9 Å². The highest BCUT2D eigenvalue weighted by molar-refractivity contribution is 8.00. The van der Waals surface area contributed by atoms with Crippen LogP contribution in [0.5, 0.6) is 0 Å². The molecule has 0 amide bonds. The third-order valence-corrected chi connectivity index (χ3v) is 5.88. The number of halogens is 2. The lowest BCUT2D eigenvalue weighted by molar-refractivity contribution is 0.0327. The van der Waals surface area contributed by atoms with Crippen molar-refractivity contribution in [1.29, 1.82) is 0 Å². The lowest BCUT2D eigenvalue weighted by Gasteiger charge is -2.43. The fraction of sp³-hybridized carbons (Fsp3) is 0.714. The van der Waals surface area contributed by atoms with Crippen LogP contribution in [0.2, 0.25) is 0 Å². The van der Waals surface area contributed by atoms with Gasteiger partial charge in [-0.2, -0.15) is 20.5 Å². The molecule has 21 heavy (non-hydrogen) atoms. The van der Waals surface area contributed by atoms with E-state index < -0.39 is 5.76 Å². The summed E-state index contributed by atoms with van der Waals surface area (Å²) in [5.74, 6) is 0.495. The van der Waals surface area contributed by atoms with E-state index in [0.29, 0.717) is 28.8 Å². The zero-order valence-corrected chi connectivity index (χ0v) is 13.3. The first kappa shape index (κ1) is 15.6. The summed E-state index contributed by atoms with van der Waals surface area (Å²) in [6.45, 7) is 3.47. The highest BCUT2D eigenvalue weighted by Crippen LogP contribution is 2.31. The van der Waals surface area contributed by atoms with E-state index in [1.165, 1.54) is 0 Å². The molecule has 0 bridgehead atoms. The van der Waals surface area contributed by atoms with Gasteiger partial charge in [0, 0.05) is 30.2 Å². The molecule has 3 rings (SSSR count). The molecule has 2 aliphatic heterocycles. The van der Waals surface area contributed by atoms with Crippen molar-refractivity contribution in [2.75, 3.05) is 25.5 Å². The van der Waals surface area contributed by atoms with E-state index in [4.69, 9.17) is 9.15 Å². The summed E-state index contributed by atoms with van der Waals surface area (Å²) in [7, 11) is 0. The first-order chi connectivity index (χ1) is 10.2. The van der Waals surface area contributed by atoms with Crippen LogP contribution in [-0.4, -0.2) is 47.5 Å². The number of thioether (sulfide) groups is 2. The van der Waals surface area contributed by atoms with Gasteiger partial charge in [0.05, 0.1) is 18.9 Å². The van der Waals surface area contributed by atoms with Gasteiger partial charge in [0.1, 0.15) is 11.5 Å². The maximum atomic E-state index is 12.2. The van der Waals surface area contributed by atoms with Crippen LogP contribution in [0.25, 0.3) is 0 Å². The summed E-state index contributed by atoms with van der Waals surface area (Å²) < 4.78 is 35.6. The Balaban J connectivity index is 1.57. The molecule has 0 saturated carbocycles. The largest absolute Gasteiger partial charge is 0.464 e. The molecular weight excluding hydrogens is 316 g/mol. The number of ether oxygens (including phenoxy) is 1. The molecular formula is C14H19F2NO2S2. The van der Waals surface area contributed by atoms with Crippen LogP contribution in [0, 0.1) is 0 Å². The van der Waals surface area contributed by atoms with Gasteiger partial charge in [0.15, 0.2) is 0 Å². The van der Waals surface area contributed by atoms with Gasteiger partial charge in [0.25, 0.3) is 5.76 Å². The smallest absolute Gasteiger partial charge is 0.284 e.